The van der Waals surface area contributed by atoms with Gasteiger partial charge in [-0.25, -0.2) is 0 Å². The van der Waals surface area contributed by atoms with Crippen LogP contribution in [-0.2, 0) is 24.7 Å². The van der Waals surface area contributed by atoms with Crippen LogP contribution in [0.3, 0.4) is 0 Å². The highest BCUT2D eigenvalue weighted by Gasteiger charge is 2.39. The number of hydrogen-bond acceptors (Lipinski definition) is 2. The second-order valence-electron chi connectivity index (χ2n) is 6.94. The number of benzene rings is 2. The first kappa shape index (κ1) is 27.2. The molecule has 0 amide bonds. The molecule has 0 N–H and O–H groups in total. The molecule has 0 spiro atoms. The molecule has 0 aliphatic rings. The Bertz CT molecular complexity index is 937. The van der Waals surface area contributed by atoms with Crippen LogP contribution in [0, 0.1) is 0 Å². The maximum absolute atomic E-state index is 12.9. The van der Waals surface area contributed by atoms with Crippen LogP contribution in [0.2, 0.25) is 0 Å². The summed E-state index contributed by atoms with van der Waals surface area (Å²) in [4.78, 5) is 24.3. The van der Waals surface area contributed by atoms with Gasteiger partial charge in [0.25, 0.3) is 0 Å². The van der Waals surface area contributed by atoms with Gasteiger partial charge < -0.3 is 0 Å². The molecule has 0 aromatic heterocycles. The van der Waals surface area contributed by atoms with E-state index in [0.29, 0.717) is 0 Å². The van der Waals surface area contributed by atoms with Crippen molar-refractivity contribution < 1.29 is 62.3 Å². The topological polar surface area (TPSA) is 34.1 Å². The summed E-state index contributed by atoms with van der Waals surface area (Å²) in [7, 11) is 0. The monoisotopic (exact) mass is 510 g/mol. The van der Waals surface area contributed by atoms with Gasteiger partial charge in [0.05, 0.1) is 22.3 Å². The smallest absolute Gasteiger partial charge is 0.294 e. The molecule has 0 aliphatic heterocycles. The van der Waals surface area contributed by atoms with Crippen molar-refractivity contribution in [2.45, 2.75) is 37.5 Å². The fraction of sp³-hybridized carbons (Fsp3) is 0.300. The van der Waals surface area contributed by atoms with Gasteiger partial charge in [0.15, 0.2) is 11.6 Å². The molecular weight excluding hydrogens is 500 g/mol. The van der Waals surface area contributed by atoms with Gasteiger partial charge in [-0.3, -0.25) is 9.59 Å². The first-order valence-corrected chi connectivity index (χ1v) is 8.85. The maximum atomic E-state index is 12.9. The quantitative estimate of drug-likeness (QED) is 0.307. The van der Waals surface area contributed by atoms with Gasteiger partial charge in [0.2, 0.25) is 0 Å². The molecule has 34 heavy (non-hydrogen) atoms. The van der Waals surface area contributed by atoms with Crippen molar-refractivity contribution in [1.29, 1.82) is 0 Å². The van der Waals surface area contributed by atoms with Gasteiger partial charge in [-0.1, -0.05) is 0 Å². The Labute approximate surface area is 182 Å². The van der Waals surface area contributed by atoms with Gasteiger partial charge in [-0.2, -0.15) is 52.7 Å². The number of alkyl halides is 12. The van der Waals surface area contributed by atoms with Crippen molar-refractivity contribution in [2.24, 2.45) is 0 Å². The zero-order valence-corrected chi connectivity index (χ0v) is 16.2. The molecule has 2 rings (SSSR count). The van der Waals surface area contributed by atoms with Crippen LogP contribution in [0.5, 0.6) is 0 Å². The molecule has 0 saturated heterocycles. The lowest BCUT2D eigenvalue weighted by molar-refractivity contribution is -0.144. The lowest BCUT2D eigenvalue weighted by atomic mass is 9.96. The highest BCUT2D eigenvalue weighted by atomic mass is 19.4. The zero-order valence-electron chi connectivity index (χ0n) is 16.2. The van der Waals surface area contributed by atoms with Crippen molar-refractivity contribution in [1.82, 2.24) is 0 Å². The molecule has 14 heteroatoms. The van der Waals surface area contributed by atoms with E-state index in [1.165, 1.54) is 0 Å². The molecule has 2 aromatic rings. The fourth-order valence-electron chi connectivity index (χ4n) is 2.75. The first-order valence-electron chi connectivity index (χ1n) is 8.85. The second kappa shape index (κ2) is 8.95. The number of carbonyl (C=O) groups excluding carboxylic acids is 2. The predicted molar refractivity (Wildman–Crippen MR) is 90.8 cm³/mol. The zero-order chi connectivity index (χ0) is 26.3. The predicted octanol–water partition coefficient (Wildman–Crippen LogP) is 7.61. The van der Waals surface area contributed by atoms with Gasteiger partial charge in [-0.05, 0) is 36.4 Å². The van der Waals surface area contributed by atoms with E-state index >= 15 is 0 Å². The minimum absolute atomic E-state index is 0.0914. The summed E-state index contributed by atoms with van der Waals surface area (Å²) in [5.41, 5.74) is -9.44. The average Bonchev–Trinajstić information content (AvgIpc) is 2.68. The Balaban J connectivity index is 2.35. The third-order valence-corrected chi connectivity index (χ3v) is 4.40. The van der Waals surface area contributed by atoms with Crippen LogP contribution in [0.15, 0.2) is 36.4 Å². The summed E-state index contributed by atoms with van der Waals surface area (Å²) in [6.07, 6.45) is -23.2. The second-order valence-corrected chi connectivity index (χ2v) is 6.94. The molecule has 0 unspecified atom stereocenters. The molecule has 186 valence electrons. The van der Waals surface area contributed by atoms with Crippen LogP contribution >= 0.6 is 0 Å². The number of halogens is 12. The Hall–Kier alpha value is -3.06. The average molecular weight is 510 g/mol. The van der Waals surface area contributed by atoms with E-state index < -0.39 is 82.5 Å². The number of carbonyl (C=O) groups is 2. The number of Topliss-reactive ketones (excluding diaryl/α,β-unsaturated/α-hetero) is 2. The fourth-order valence-corrected chi connectivity index (χ4v) is 2.75. The molecule has 2 aromatic carbocycles. The van der Waals surface area contributed by atoms with Crippen molar-refractivity contribution in [3.8, 4) is 0 Å². The molecule has 0 bridgehead atoms. The van der Waals surface area contributed by atoms with E-state index in [4.69, 9.17) is 0 Å². The van der Waals surface area contributed by atoms with Crippen molar-refractivity contribution in [2.75, 3.05) is 0 Å². The SMILES string of the molecule is O=C(CCC(=O)c1cc(C(F)(F)F)cc(C(F)(F)F)c1)c1cc(C(F)(F)F)cc(C(F)(F)F)c1. The van der Waals surface area contributed by atoms with Crippen LogP contribution < -0.4 is 0 Å². The summed E-state index contributed by atoms with van der Waals surface area (Å²) >= 11 is 0. The van der Waals surface area contributed by atoms with Gasteiger partial charge in [0, 0.05) is 24.0 Å². The molecule has 2 nitrogen and oxygen atoms in total. The highest BCUT2D eigenvalue weighted by molar-refractivity contribution is 6.02. The third kappa shape index (κ3) is 6.73. The standard InChI is InChI=1S/C20H10F12O2/c21-17(22,23)11-3-9(4-12(7-11)18(24,25)26)15(33)1-2-16(34)10-5-13(19(27,28)29)8-14(6-10)20(30,31)32/h3-8H,1-2H2. The first-order chi connectivity index (χ1) is 15.2. The van der Waals surface area contributed by atoms with Crippen molar-refractivity contribution in [3.63, 3.8) is 0 Å². The lowest BCUT2D eigenvalue weighted by Gasteiger charge is -2.14. The van der Waals surface area contributed by atoms with Crippen molar-refractivity contribution in [3.05, 3.63) is 69.8 Å². The Morgan fingerprint density at radius 3 is 0.824 bits per heavy atom. The van der Waals surface area contributed by atoms with E-state index in [0.717, 1.165) is 0 Å². The summed E-state index contributed by atoms with van der Waals surface area (Å²) in [5, 5.41) is 0. The van der Waals surface area contributed by atoms with Gasteiger partial charge in [-0.15, -0.1) is 0 Å². The van der Waals surface area contributed by atoms with Crippen LogP contribution in [-0.4, -0.2) is 11.6 Å². The van der Waals surface area contributed by atoms with E-state index in [1.54, 1.807) is 0 Å². The Morgan fingerprint density at radius 2 is 0.647 bits per heavy atom. The molecule has 0 heterocycles. The minimum atomic E-state index is -5.27. The third-order valence-electron chi connectivity index (χ3n) is 4.40. The molecule has 0 fully saturated rings. The summed E-state index contributed by atoms with van der Waals surface area (Å²) in [6.45, 7) is 0. The number of ketones is 2. The van der Waals surface area contributed by atoms with Crippen LogP contribution in [0.1, 0.15) is 55.8 Å². The minimum Gasteiger partial charge on any atom is -0.294 e. The van der Waals surface area contributed by atoms with Gasteiger partial charge >= 0.3 is 24.7 Å². The Kier molecular flexibility index (Phi) is 7.15. The molecule has 0 aliphatic carbocycles. The van der Waals surface area contributed by atoms with Crippen LogP contribution in [0.25, 0.3) is 0 Å². The maximum Gasteiger partial charge on any atom is 0.416 e. The van der Waals surface area contributed by atoms with E-state index in [2.05, 4.69) is 0 Å². The number of rotatable bonds is 5. The summed E-state index contributed by atoms with van der Waals surface area (Å²) in [6, 6.07) is -0.128. The highest BCUT2D eigenvalue weighted by Crippen LogP contribution is 2.38. The molecule has 0 saturated carbocycles. The normalized spacial score (nSPS) is 13.2. The molecule has 0 atom stereocenters. The summed E-state index contributed by atoms with van der Waals surface area (Å²) in [5.74, 6) is -2.82. The van der Waals surface area contributed by atoms with E-state index in [9.17, 15) is 62.3 Å². The largest absolute Gasteiger partial charge is 0.416 e. The lowest BCUT2D eigenvalue weighted by Crippen LogP contribution is -2.15. The van der Waals surface area contributed by atoms with E-state index in [1.807, 2.05) is 0 Å². The van der Waals surface area contributed by atoms with Gasteiger partial charge in [0.1, 0.15) is 0 Å². The van der Waals surface area contributed by atoms with Crippen molar-refractivity contribution >= 4 is 11.6 Å². The Morgan fingerprint density at radius 1 is 0.441 bits per heavy atom. The molecular formula is C20H10F12O2. The van der Waals surface area contributed by atoms with E-state index in [-0.39, 0.29) is 36.4 Å². The van der Waals surface area contributed by atoms with Crippen LogP contribution in [0.4, 0.5) is 52.7 Å². The molecule has 0 radical (unpaired) electrons. The number of hydrogen-bond donors (Lipinski definition) is 0. The summed E-state index contributed by atoms with van der Waals surface area (Å²) < 4.78 is 155.